The molecule has 0 aliphatic carbocycles. The van der Waals surface area contributed by atoms with Crippen LogP contribution in [0.1, 0.15) is 10.4 Å². The molecule has 0 saturated heterocycles. The van der Waals surface area contributed by atoms with Crippen LogP contribution in [0.4, 0.5) is 0 Å². The summed E-state index contributed by atoms with van der Waals surface area (Å²) in [5.74, 6) is -0.894. The highest BCUT2D eigenvalue weighted by Gasteiger charge is 2.09. The SMILES string of the molecule is COc1ccccc1C([O])=O. The van der Waals surface area contributed by atoms with E-state index in [-0.39, 0.29) is 5.56 Å². The predicted molar refractivity (Wildman–Crippen MR) is 38.0 cm³/mol. The van der Waals surface area contributed by atoms with Crippen molar-refractivity contribution in [3.05, 3.63) is 29.8 Å². The van der Waals surface area contributed by atoms with Gasteiger partial charge in [-0.2, -0.15) is 0 Å². The molecule has 0 aromatic heterocycles. The van der Waals surface area contributed by atoms with Gasteiger partial charge in [0.25, 0.3) is 0 Å². The van der Waals surface area contributed by atoms with Crippen LogP contribution in [0, 0.1) is 0 Å². The maximum atomic E-state index is 10.4. The topological polar surface area (TPSA) is 46.2 Å². The van der Waals surface area contributed by atoms with Crippen LogP contribution in [0.3, 0.4) is 0 Å². The lowest BCUT2D eigenvalue weighted by Gasteiger charge is -2.00. The van der Waals surface area contributed by atoms with Crippen LogP contribution in [0.25, 0.3) is 0 Å². The molecular formula is C8H7O3. The molecule has 0 atom stereocenters. The molecule has 11 heavy (non-hydrogen) atoms. The Morgan fingerprint density at radius 3 is 2.45 bits per heavy atom. The van der Waals surface area contributed by atoms with Gasteiger partial charge < -0.3 is 4.74 Å². The molecule has 0 aliphatic heterocycles. The molecule has 0 heterocycles. The van der Waals surface area contributed by atoms with Gasteiger partial charge in [-0.1, -0.05) is 12.1 Å². The fourth-order valence-electron chi connectivity index (χ4n) is 0.813. The van der Waals surface area contributed by atoms with E-state index in [9.17, 15) is 9.90 Å². The lowest BCUT2D eigenvalue weighted by molar-refractivity contribution is 0.0569. The largest absolute Gasteiger partial charge is 0.496 e. The van der Waals surface area contributed by atoms with E-state index in [1.807, 2.05) is 0 Å². The predicted octanol–water partition coefficient (Wildman–Crippen LogP) is 1.27. The van der Waals surface area contributed by atoms with Crippen LogP contribution in [-0.2, 0) is 5.11 Å². The third-order valence-corrected chi connectivity index (χ3v) is 1.33. The first-order valence-electron chi connectivity index (χ1n) is 3.10. The molecule has 1 rings (SSSR count). The van der Waals surface area contributed by atoms with Gasteiger partial charge in [0.15, 0.2) is 0 Å². The van der Waals surface area contributed by atoms with Gasteiger partial charge in [-0.3, -0.25) is 0 Å². The Balaban J connectivity index is 3.12. The van der Waals surface area contributed by atoms with Crippen LogP contribution in [-0.4, -0.2) is 13.1 Å². The first kappa shape index (κ1) is 7.60. The maximum Gasteiger partial charge on any atom is 0.390 e. The maximum absolute atomic E-state index is 10.4. The quantitative estimate of drug-likeness (QED) is 0.638. The van der Waals surface area contributed by atoms with Crippen molar-refractivity contribution in [2.75, 3.05) is 7.11 Å². The Bertz CT molecular complexity index is 268. The molecule has 0 unspecified atom stereocenters. The van der Waals surface area contributed by atoms with Crippen LogP contribution in [0.15, 0.2) is 24.3 Å². The van der Waals surface area contributed by atoms with Gasteiger partial charge in [0.05, 0.1) is 7.11 Å². The molecule has 0 amide bonds. The number of para-hydroxylation sites is 1. The summed E-state index contributed by atoms with van der Waals surface area (Å²) in [6, 6.07) is 6.33. The minimum absolute atomic E-state index is 0.0787. The molecule has 1 aromatic carbocycles. The van der Waals surface area contributed by atoms with E-state index in [0.717, 1.165) is 0 Å². The number of carbonyl (C=O) groups is 1. The molecule has 57 valence electrons. The molecule has 3 heteroatoms. The summed E-state index contributed by atoms with van der Waals surface area (Å²) in [6.07, 6.45) is 0. The van der Waals surface area contributed by atoms with Crippen molar-refractivity contribution >= 4 is 5.97 Å². The Labute approximate surface area is 64.2 Å². The van der Waals surface area contributed by atoms with Crippen LogP contribution in [0.2, 0.25) is 0 Å². The first-order valence-corrected chi connectivity index (χ1v) is 3.10. The van der Waals surface area contributed by atoms with Crippen molar-refractivity contribution in [3.8, 4) is 5.75 Å². The van der Waals surface area contributed by atoms with Gasteiger partial charge in [0.2, 0.25) is 0 Å². The zero-order valence-corrected chi connectivity index (χ0v) is 6.03. The van der Waals surface area contributed by atoms with E-state index < -0.39 is 5.97 Å². The summed E-state index contributed by atoms with van der Waals surface area (Å²) in [5, 5.41) is 10.4. The van der Waals surface area contributed by atoms with Crippen LogP contribution in [0.5, 0.6) is 5.75 Å². The minimum atomic E-state index is -1.22. The van der Waals surface area contributed by atoms with Gasteiger partial charge in [0.1, 0.15) is 11.3 Å². The Kier molecular flexibility index (Phi) is 2.11. The van der Waals surface area contributed by atoms with Gasteiger partial charge in [-0.15, -0.1) is 0 Å². The monoisotopic (exact) mass is 151 g/mol. The van der Waals surface area contributed by atoms with Crippen molar-refractivity contribution in [1.82, 2.24) is 0 Å². The number of ether oxygens (including phenoxy) is 1. The molecule has 3 nitrogen and oxygen atoms in total. The van der Waals surface area contributed by atoms with Crippen molar-refractivity contribution in [2.24, 2.45) is 0 Å². The second kappa shape index (κ2) is 3.05. The molecule has 0 N–H and O–H groups in total. The van der Waals surface area contributed by atoms with E-state index in [1.165, 1.54) is 13.2 Å². The molecule has 0 bridgehead atoms. The number of benzene rings is 1. The number of rotatable bonds is 2. The summed E-state index contributed by atoms with van der Waals surface area (Å²) in [7, 11) is 1.42. The fraction of sp³-hybridized carbons (Fsp3) is 0.125. The van der Waals surface area contributed by atoms with Crippen molar-refractivity contribution in [1.29, 1.82) is 0 Å². The molecule has 0 fully saturated rings. The normalized spacial score (nSPS) is 9.18. The number of hydrogen-bond donors (Lipinski definition) is 0. The van der Waals surface area contributed by atoms with Gasteiger partial charge in [-0.05, 0) is 12.1 Å². The van der Waals surface area contributed by atoms with E-state index in [0.29, 0.717) is 5.75 Å². The zero-order chi connectivity index (χ0) is 8.27. The smallest absolute Gasteiger partial charge is 0.390 e. The van der Waals surface area contributed by atoms with Gasteiger partial charge in [-0.25, -0.2) is 9.90 Å². The zero-order valence-electron chi connectivity index (χ0n) is 6.03. The number of hydrogen-bond acceptors (Lipinski definition) is 2. The average Bonchev–Trinajstić information content (AvgIpc) is 2.04. The number of methoxy groups -OCH3 is 1. The fourth-order valence-corrected chi connectivity index (χ4v) is 0.813. The molecule has 0 saturated carbocycles. The molecule has 0 aliphatic rings. The molecule has 1 aromatic rings. The second-order valence-corrected chi connectivity index (χ2v) is 1.99. The van der Waals surface area contributed by atoms with E-state index in [1.54, 1.807) is 18.2 Å². The average molecular weight is 151 g/mol. The second-order valence-electron chi connectivity index (χ2n) is 1.99. The summed E-state index contributed by atoms with van der Waals surface area (Å²) in [6.45, 7) is 0. The van der Waals surface area contributed by atoms with Crippen LogP contribution >= 0.6 is 0 Å². The highest BCUT2D eigenvalue weighted by molar-refractivity contribution is 5.90. The summed E-state index contributed by atoms with van der Waals surface area (Å²) >= 11 is 0. The summed E-state index contributed by atoms with van der Waals surface area (Å²) in [5.41, 5.74) is 0.0787. The Morgan fingerprint density at radius 1 is 1.36 bits per heavy atom. The van der Waals surface area contributed by atoms with E-state index in [4.69, 9.17) is 4.74 Å². The van der Waals surface area contributed by atoms with E-state index in [2.05, 4.69) is 0 Å². The lowest BCUT2D eigenvalue weighted by atomic mass is 10.2. The summed E-state index contributed by atoms with van der Waals surface area (Å²) < 4.78 is 4.79. The third kappa shape index (κ3) is 1.49. The molecule has 0 spiro atoms. The number of carbonyl (C=O) groups excluding carboxylic acids is 1. The first-order chi connectivity index (χ1) is 5.25. The van der Waals surface area contributed by atoms with Crippen molar-refractivity contribution in [2.45, 2.75) is 0 Å². The van der Waals surface area contributed by atoms with Crippen molar-refractivity contribution < 1.29 is 14.6 Å². The third-order valence-electron chi connectivity index (χ3n) is 1.33. The molecular weight excluding hydrogens is 144 g/mol. The highest BCUT2D eigenvalue weighted by Crippen LogP contribution is 2.16. The Hall–Kier alpha value is -1.51. The van der Waals surface area contributed by atoms with E-state index >= 15 is 0 Å². The summed E-state index contributed by atoms with van der Waals surface area (Å²) in [4.78, 5) is 10.4. The molecule has 1 radical (unpaired) electrons. The Morgan fingerprint density at radius 2 is 2.00 bits per heavy atom. The highest BCUT2D eigenvalue weighted by atomic mass is 16.5. The van der Waals surface area contributed by atoms with Crippen molar-refractivity contribution in [3.63, 3.8) is 0 Å². The lowest BCUT2D eigenvalue weighted by Crippen LogP contribution is -1.97. The van der Waals surface area contributed by atoms with Gasteiger partial charge >= 0.3 is 5.97 Å². The standard InChI is InChI=1S/C8H7O3/c1-11-7-5-3-2-4-6(7)8(9)10/h2-5H,1H3. The minimum Gasteiger partial charge on any atom is -0.496 e. The van der Waals surface area contributed by atoms with Crippen LogP contribution < -0.4 is 4.74 Å². The van der Waals surface area contributed by atoms with Gasteiger partial charge in [0, 0.05) is 0 Å².